The van der Waals surface area contributed by atoms with E-state index in [2.05, 4.69) is 37.7 Å². The molecular formula is C21H28N2O3S. The molecule has 6 heteroatoms. The van der Waals surface area contributed by atoms with Gasteiger partial charge in [0.15, 0.2) is 0 Å². The Hall–Kier alpha value is -2.34. The zero-order chi connectivity index (χ0) is 20.1. The third-order valence-corrected chi connectivity index (χ3v) is 5.64. The second-order valence-electron chi connectivity index (χ2n) is 7.57. The summed E-state index contributed by atoms with van der Waals surface area (Å²) < 4.78 is 27.7. The molecule has 27 heavy (non-hydrogen) atoms. The molecule has 0 saturated heterocycles. The SMILES string of the molecule is CCCCNC(=O)c1ccc(S(=O)(=O)Nc2ccc(C(C)(C)C)cc2)cc1. The van der Waals surface area contributed by atoms with E-state index in [1.807, 2.05) is 12.1 Å². The van der Waals surface area contributed by atoms with E-state index in [0.717, 1.165) is 18.4 Å². The average Bonchev–Trinajstić information content (AvgIpc) is 2.61. The van der Waals surface area contributed by atoms with Crippen molar-refractivity contribution in [1.82, 2.24) is 5.32 Å². The van der Waals surface area contributed by atoms with Gasteiger partial charge in [0.2, 0.25) is 0 Å². The lowest BCUT2D eigenvalue weighted by atomic mass is 9.87. The highest BCUT2D eigenvalue weighted by Gasteiger charge is 2.17. The number of anilines is 1. The summed E-state index contributed by atoms with van der Waals surface area (Å²) in [6.07, 6.45) is 1.91. The number of hydrogen-bond donors (Lipinski definition) is 2. The molecule has 1 amide bonds. The fraction of sp³-hybridized carbons (Fsp3) is 0.381. The van der Waals surface area contributed by atoms with Crippen LogP contribution < -0.4 is 10.0 Å². The summed E-state index contributed by atoms with van der Waals surface area (Å²) in [5, 5.41) is 2.81. The van der Waals surface area contributed by atoms with E-state index in [-0.39, 0.29) is 16.2 Å². The van der Waals surface area contributed by atoms with Crippen LogP contribution in [0.2, 0.25) is 0 Å². The molecule has 2 aromatic carbocycles. The molecule has 5 nitrogen and oxygen atoms in total. The van der Waals surface area contributed by atoms with Gasteiger partial charge in [-0.3, -0.25) is 9.52 Å². The number of carbonyl (C=O) groups excluding carboxylic acids is 1. The largest absolute Gasteiger partial charge is 0.352 e. The van der Waals surface area contributed by atoms with Crippen LogP contribution in [0, 0.1) is 0 Å². The van der Waals surface area contributed by atoms with E-state index < -0.39 is 10.0 Å². The van der Waals surface area contributed by atoms with Crippen LogP contribution in [0.5, 0.6) is 0 Å². The van der Waals surface area contributed by atoms with Gasteiger partial charge in [-0.05, 0) is 53.8 Å². The van der Waals surface area contributed by atoms with Gasteiger partial charge in [0.25, 0.3) is 15.9 Å². The Morgan fingerprint density at radius 3 is 2.07 bits per heavy atom. The van der Waals surface area contributed by atoms with Gasteiger partial charge in [0.1, 0.15) is 0 Å². The van der Waals surface area contributed by atoms with Crippen molar-refractivity contribution in [2.45, 2.75) is 50.8 Å². The summed E-state index contributed by atoms with van der Waals surface area (Å²) in [4.78, 5) is 12.1. The van der Waals surface area contributed by atoms with E-state index in [4.69, 9.17) is 0 Å². The number of unbranched alkanes of at least 4 members (excludes halogenated alkanes) is 1. The molecular weight excluding hydrogens is 360 g/mol. The van der Waals surface area contributed by atoms with Gasteiger partial charge in [-0.25, -0.2) is 8.42 Å². The van der Waals surface area contributed by atoms with Crippen LogP contribution in [0.15, 0.2) is 53.4 Å². The minimum Gasteiger partial charge on any atom is -0.352 e. The standard InChI is InChI=1S/C21H28N2O3S/c1-5-6-15-22-20(24)16-7-13-19(14-8-16)27(25,26)23-18-11-9-17(10-12-18)21(2,3)4/h7-14,23H,5-6,15H2,1-4H3,(H,22,24). The smallest absolute Gasteiger partial charge is 0.261 e. The van der Waals surface area contributed by atoms with Crippen LogP contribution in [-0.4, -0.2) is 20.9 Å². The zero-order valence-electron chi connectivity index (χ0n) is 16.4. The van der Waals surface area contributed by atoms with E-state index in [0.29, 0.717) is 17.8 Å². The third kappa shape index (κ3) is 5.82. The molecule has 2 N–H and O–H groups in total. The summed E-state index contributed by atoms with van der Waals surface area (Å²) in [7, 11) is -3.71. The third-order valence-electron chi connectivity index (χ3n) is 4.25. The summed E-state index contributed by atoms with van der Waals surface area (Å²) in [5.41, 5.74) is 2.08. The predicted octanol–water partition coefficient (Wildman–Crippen LogP) is 4.31. The second-order valence-corrected chi connectivity index (χ2v) is 9.25. The van der Waals surface area contributed by atoms with E-state index in [1.165, 1.54) is 24.3 Å². The fourth-order valence-electron chi connectivity index (χ4n) is 2.52. The van der Waals surface area contributed by atoms with Gasteiger partial charge in [-0.1, -0.05) is 46.2 Å². The fourth-order valence-corrected chi connectivity index (χ4v) is 3.58. The highest BCUT2D eigenvalue weighted by atomic mass is 32.2. The topological polar surface area (TPSA) is 75.3 Å². The number of nitrogens with one attached hydrogen (secondary N) is 2. The molecule has 0 radical (unpaired) electrons. The van der Waals surface area contributed by atoms with Gasteiger partial charge in [-0.2, -0.15) is 0 Å². The molecule has 0 bridgehead atoms. The Kier molecular flexibility index (Phi) is 6.65. The predicted molar refractivity (Wildman–Crippen MR) is 110 cm³/mol. The van der Waals surface area contributed by atoms with E-state index >= 15 is 0 Å². The average molecular weight is 389 g/mol. The van der Waals surface area contributed by atoms with Crippen molar-refractivity contribution in [2.75, 3.05) is 11.3 Å². The van der Waals surface area contributed by atoms with Crippen molar-refractivity contribution in [2.24, 2.45) is 0 Å². The van der Waals surface area contributed by atoms with Crippen molar-refractivity contribution in [3.8, 4) is 0 Å². The molecule has 0 fully saturated rings. The first kappa shape index (κ1) is 21.0. The minimum atomic E-state index is -3.71. The second kappa shape index (κ2) is 8.57. The molecule has 2 rings (SSSR count). The lowest BCUT2D eigenvalue weighted by Gasteiger charge is -2.19. The summed E-state index contributed by atoms with van der Waals surface area (Å²) >= 11 is 0. The molecule has 0 aliphatic rings. The molecule has 0 saturated carbocycles. The first-order valence-corrected chi connectivity index (χ1v) is 10.6. The first-order chi connectivity index (χ1) is 12.6. The zero-order valence-corrected chi connectivity index (χ0v) is 17.2. The van der Waals surface area contributed by atoms with Gasteiger partial charge in [0, 0.05) is 17.8 Å². The van der Waals surface area contributed by atoms with Gasteiger partial charge in [-0.15, -0.1) is 0 Å². The highest BCUT2D eigenvalue weighted by molar-refractivity contribution is 7.92. The number of carbonyl (C=O) groups is 1. The van der Waals surface area contributed by atoms with Crippen molar-refractivity contribution >= 4 is 21.6 Å². The number of rotatable bonds is 7. The summed E-state index contributed by atoms with van der Waals surface area (Å²) in [6.45, 7) is 8.97. The van der Waals surface area contributed by atoms with Crippen LogP contribution in [-0.2, 0) is 15.4 Å². The van der Waals surface area contributed by atoms with E-state index in [1.54, 1.807) is 12.1 Å². The Balaban J connectivity index is 2.09. The van der Waals surface area contributed by atoms with Crippen LogP contribution in [0.4, 0.5) is 5.69 Å². The number of benzene rings is 2. The van der Waals surface area contributed by atoms with Crippen LogP contribution in [0.1, 0.15) is 56.5 Å². The molecule has 0 atom stereocenters. The first-order valence-electron chi connectivity index (χ1n) is 9.15. The van der Waals surface area contributed by atoms with Crippen LogP contribution >= 0.6 is 0 Å². The Bertz CT molecular complexity index is 865. The summed E-state index contributed by atoms with van der Waals surface area (Å²) in [6, 6.07) is 13.3. The minimum absolute atomic E-state index is 0.00490. The Labute approximate surface area is 162 Å². The quantitative estimate of drug-likeness (QED) is 0.694. The van der Waals surface area contributed by atoms with Gasteiger partial charge < -0.3 is 5.32 Å². The summed E-state index contributed by atoms with van der Waals surface area (Å²) in [5.74, 6) is -0.196. The van der Waals surface area contributed by atoms with Gasteiger partial charge in [0.05, 0.1) is 4.90 Å². The molecule has 2 aromatic rings. The number of hydrogen-bond acceptors (Lipinski definition) is 3. The molecule has 0 spiro atoms. The van der Waals surface area contributed by atoms with Crippen molar-refractivity contribution in [1.29, 1.82) is 0 Å². The molecule has 0 unspecified atom stereocenters. The maximum atomic E-state index is 12.6. The normalized spacial score (nSPS) is 11.9. The molecule has 0 aliphatic heterocycles. The monoisotopic (exact) mass is 388 g/mol. The molecule has 0 aliphatic carbocycles. The highest BCUT2D eigenvalue weighted by Crippen LogP contribution is 2.24. The Morgan fingerprint density at radius 1 is 0.963 bits per heavy atom. The Morgan fingerprint density at radius 2 is 1.56 bits per heavy atom. The van der Waals surface area contributed by atoms with Crippen LogP contribution in [0.3, 0.4) is 0 Å². The van der Waals surface area contributed by atoms with E-state index in [9.17, 15) is 13.2 Å². The van der Waals surface area contributed by atoms with Crippen molar-refractivity contribution < 1.29 is 13.2 Å². The maximum Gasteiger partial charge on any atom is 0.261 e. The number of amides is 1. The lowest BCUT2D eigenvalue weighted by Crippen LogP contribution is -2.24. The molecule has 146 valence electrons. The lowest BCUT2D eigenvalue weighted by molar-refractivity contribution is 0.0953. The van der Waals surface area contributed by atoms with Crippen molar-refractivity contribution in [3.05, 3.63) is 59.7 Å². The van der Waals surface area contributed by atoms with Gasteiger partial charge >= 0.3 is 0 Å². The maximum absolute atomic E-state index is 12.6. The van der Waals surface area contributed by atoms with Crippen LogP contribution in [0.25, 0.3) is 0 Å². The number of sulfonamides is 1. The molecule has 0 heterocycles. The van der Waals surface area contributed by atoms with Crippen molar-refractivity contribution in [3.63, 3.8) is 0 Å². The molecule has 0 aromatic heterocycles.